The third kappa shape index (κ3) is 0.956. The smallest absolute Gasteiger partial charge is 0.174 e. The van der Waals surface area contributed by atoms with Crippen molar-refractivity contribution < 1.29 is 9.47 Å². The van der Waals surface area contributed by atoms with Gasteiger partial charge in [-0.05, 0) is 19.8 Å². The van der Waals surface area contributed by atoms with E-state index in [4.69, 9.17) is 9.47 Å². The van der Waals surface area contributed by atoms with Gasteiger partial charge in [0, 0.05) is 12.8 Å². The maximum absolute atomic E-state index is 5.55. The monoisotopic (exact) mass is 142 g/mol. The Labute approximate surface area is 61.5 Å². The number of hydrogen-bond donors (Lipinski definition) is 0. The number of hydrogen-bond acceptors (Lipinski definition) is 2. The summed E-state index contributed by atoms with van der Waals surface area (Å²) < 4.78 is 11.1. The Morgan fingerprint density at radius 3 is 2.20 bits per heavy atom. The maximum Gasteiger partial charge on any atom is 0.174 e. The Morgan fingerprint density at radius 2 is 1.70 bits per heavy atom. The quantitative estimate of drug-likeness (QED) is 0.515. The van der Waals surface area contributed by atoms with Gasteiger partial charge in [0.15, 0.2) is 12.1 Å². The van der Waals surface area contributed by atoms with Crippen molar-refractivity contribution in [3.8, 4) is 0 Å². The predicted molar refractivity (Wildman–Crippen MR) is 37.4 cm³/mol. The molecule has 2 nitrogen and oxygen atoms in total. The zero-order chi connectivity index (χ0) is 7.03. The van der Waals surface area contributed by atoms with Gasteiger partial charge in [-0.2, -0.15) is 0 Å². The van der Waals surface area contributed by atoms with Gasteiger partial charge < -0.3 is 9.47 Å². The molecule has 1 saturated carbocycles. The van der Waals surface area contributed by atoms with Crippen LogP contribution in [0, 0.1) is 0 Å². The molecule has 0 bridgehead atoms. The van der Waals surface area contributed by atoms with Crippen molar-refractivity contribution in [2.45, 2.75) is 51.1 Å². The molecule has 0 aromatic rings. The molecule has 58 valence electrons. The molecule has 2 rings (SSSR count). The van der Waals surface area contributed by atoms with Crippen molar-refractivity contribution in [3.05, 3.63) is 0 Å². The highest BCUT2D eigenvalue weighted by Crippen LogP contribution is 2.41. The molecule has 0 unspecified atom stereocenters. The molecule has 1 spiro atoms. The molecule has 1 heterocycles. The van der Waals surface area contributed by atoms with Gasteiger partial charge >= 0.3 is 0 Å². The summed E-state index contributed by atoms with van der Waals surface area (Å²) in [4.78, 5) is 0. The first-order valence-electron chi connectivity index (χ1n) is 4.16. The van der Waals surface area contributed by atoms with E-state index < -0.39 is 0 Å². The fraction of sp³-hybridized carbons (Fsp3) is 1.00. The van der Waals surface area contributed by atoms with Crippen LogP contribution < -0.4 is 0 Å². The van der Waals surface area contributed by atoms with Crippen LogP contribution in [0.4, 0.5) is 0 Å². The number of ether oxygens (including phenoxy) is 2. The average Bonchev–Trinajstić information content (AvgIpc) is 1.87. The largest absolute Gasteiger partial charge is 0.321 e. The molecule has 1 aliphatic carbocycles. The highest BCUT2D eigenvalue weighted by Gasteiger charge is 2.44. The maximum atomic E-state index is 5.55. The van der Waals surface area contributed by atoms with E-state index >= 15 is 0 Å². The molecule has 0 aromatic heterocycles. The third-order valence-corrected chi connectivity index (χ3v) is 2.38. The van der Waals surface area contributed by atoms with Gasteiger partial charge in [0.2, 0.25) is 0 Å². The van der Waals surface area contributed by atoms with Gasteiger partial charge in [-0.1, -0.05) is 6.42 Å². The SMILES string of the molecule is CC1OC2(CCCCC2)O1. The first kappa shape index (κ1) is 6.62. The van der Waals surface area contributed by atoms with Gasteiger partial charge in [0.05, 0.1) is 0 Å². The molecule has 10 heavy (non-hydrogen) atoms. The van der Waals surface area contributed by atoms with E-state index in [1.807, 2.05) is 6.92 Å². The molecule has 1 aliphatic heterocycles. The Kier molecular flexibility index (Phi) is 1.46. The van der Waals surface area contributed by atoms with E-state index in [0.717, 1.165) is 12.8 Å². The lowest BCUT2D eigenvalue weighted by molar-refractivity contribution is -0.452. The fourth-order valence-electron chi connectivity index (χ4n) is 1.94. The summed E-state index contributed by atoms with van der Waals surface area (Å²) >= 11 is 0. The summed E-state index contributed by atoms with van der Waals surface area (Å²) in [5.74, 6) is -0.127. The van der Waals surface area contributed by atoms with Crippen LogP contribution in [-0.4, -0.2) is 12.1 Å². The highest BCUT2D eigenvalue weighted by molar-refractivity contribution is 4.80. The van der Waals surface area contributed by atoms with Crippen molar-refractivity contribution in [1.82, 2.24) is 0 Å². The lowest BCUT2D eigenvalue weighted by Crippen LogP contribution is -2.53. The summed E-state index contributed by atoms with van der Waals surface area (Å²) in [5.41, 5.74) is 0. The predicted octanol–water partition coefficient (Wildman–Crippen LogP) is 2.04. The van der Waals surface area contributed by atoms with Gasteiger partial charge in [-0.3, -0.25) is 0 Å². The lowest BCUT2D eigenvalue weighted by Gasteiger charge is -2.48. The second-order valence-electron chi connectivity index (χ2n) is 3.27. The van der Waals surface area contributed by atoms with Gasteiger partial charge in [0.25, 0.3) is 0 Å². The van der Waals surface area contributed by atoms with Crippen LogP contribution in [0.1, 0.15) is 39.0 Å². The van der Waals surface area contributed by atoms with Gasteiger partial charge in [-0.15, -0.1) is 0 Å². The average molecular weight is 142 g/mol. The van der Waals surface area contributed by atoms with Crippen LogP contribution in [0.3, 0.4) is 0 Å². The van der Waals surface area contributed by atoms with E-state index in [0.29, 0.717) is 0 Å². The van der Waals surface area contributed by atoms with Crippen LogP contribution in [0.2, 0.25) is 0 Å². The zero-order valence-corrected chi connectivity index (χ0v) is 6.43. The second kappa shape index (κ2) is 2.21. The normalized spacial score (nSPS) is 32.1. The van der Waals surface area contributed by atoms with Crippen molar-refractivity contribution >= 4 is 0 Å². The van der Waals surface area contributed by atoms with Crippen LogP contribution >= 0.6 is 0 Å². The molecule has 2 aliphatic rings. The van der Waals surface area contributed by atoms with E-state index in [1.54, 1.807) is 0 Å². The van der Waals surface area contributed by atoms with Crippen molar-refractivity contribution in [2.75, 3.05) is 0 Å². The molecule has 0 aromatic carbocycles. The third-order valence-electron chi connectivity index (χ3n) is 2.38. The summed E-state index contributed by atoms with van der Waals surface area (Å²) in [5, 5.41) is 0. The zero-order valence-electron chi connectivity index (χ0n) is 6.43. The van der Waals surface area contributed by atoms with E-state index in [9.17, 15) is 0 Å². The molecule has 0 atom stereocenters. The van der Waals surface area contributed by atoms with Gasteiger partial charge in [-0.25, -0.2) is 0 Å². The number of rotatable bonds is 0. The van der Waals surface area contributed by atoms with Crippen LogP contribution in [0.15, 0.2) is 0 Å². The first-order chi connectivity index (χ1) is 4.81. The van der Waals surface area contributed by atoms with Crippen molar-refractivity contribution in [3.63, 3.8) is 0 Å². The Bertz CT molecular complexity index is 112. The highest BCUT2D eigenvalue weighted by atomic mass is 16.9. The molecule has 1 saturated heterocycles. The Hall–Kier alpha value is -0.0800. The summed E-state index contributed by atoms with van der Waals surface area (Å²) in [7, 11) is 0. The van der Waals surface area contributed by atoms with E-state index in [-0.39, 0.29) is 12.1 Å². The molecule has 2 heteroatoms. The Balaban J connectivity index is 1.90. The summed E-state index contributed by atoms with van der Waals surface area (Å²) in [6.07, 6.45) is 6.16. The van der Waals surface area contributed by atoms with Gasteiger partial charge in [0.1, 0.15) is 0 Å². The van der Waals surface area contributed by atoms with Crippen LogP contribution in [-0.2, 0) is 9.47 Å². The van der Waals surface area contributed by atoms with Crippen LogP contribution in [0.25, 0.3) is 0 Å². The molecule has 0 amide bonds. The molecule has 0 radical (unpaired) electrons. The van der Waals surface area contributed by atoms with Crippen molar-refractivity contribution in [2.24, 2.45) is 0 Å². The molecule has 2 fully saturated rings. The fourth-order valence-corrected chi connectivity index (χ4v) is 1.94. The minimum atomic E-state index is -0.127. The van der Waals surface area contributed by atoms with Crippen molar-refractivity contribution in [1.29, 1.82) is 0 Å². The first-order valence-corrected chi connectivity index (χ1v) is 4.16. The lowest BCUT2D eigenvalue weighted by atomic mass is 9.93. The Morgan fingerprint density at radius 1 is 1.10 bits per heavy atom. The molecular weight excluding hydrogens is 128 g/mol. The summed E-state index contributed by atoms with van der Waals surface area (Å²) in [6.45, 7) is 1.96. The van der Waals surface area contributed by atoms with E-state index in [2.05, 4.69) is 0 Å². The van der Waals surface area contributed by atoms with Crippen LogP contribution in [0.5, 0.6) is 0 Å². The standard InChI is InChI=1S/C8H14O2/c1-7-9-8(10-7)5-3-2-4-6-8/h7H,2-6H2,1H3. The molecular formula is C8H14O2. The minimum absolute atomic E-state index is 0.0538. The second-order valence-corrected chi connectivity index (χ2v) is 3.27. The summed E-state index contributed by atoms with van der Waals surface area (Å²) in [6, 6.07) is 0. The minimum Gasteiger partial charge on any atom is -0.321 e. The topological polar surface area (TPSA) is 18.5 Å². The van der Waals surface area contributed by atoms with E-state index in [1.165, 1.54) is 19.3 Å². The molecule has 0 N–H and O–H groups in total.